The minimum absolute atomic E-state index is 0.0112. The van der Waals surface area contributed by atoms with E-state index in [-0.39, 0.29) is 20.6 Å². The number of hydrogen-bond donors (Lipinski definition) is 0. The number of aryl methyl sites for hydroxylation is 1. The molecule has 0 aromatic heterocycles. The smallest absolute Gasteiger partial charge is 0.298 e. The van der Waals surface area contributed by atoms with Crippen molar-refractivity contribution >= 4 is 47.2 Å². The minimum Gasteiger partial charge on any atom is -0.298 e. The molecular weight excluding hydrogens is 396 g/mol. The number of aldehydes is 1. The van der Waals surface area contributed by atoms with Crippen molar-refractivity contribution in [2.75, 3.05) is 0 Å². The molecule has 0 aliphatic carbocycles. The van der Waals surface area contributed by atoms with Crippen molar-refractivity contribution in [3.05, 3.63) is 73.7 Å². The molecule has 1 unspecified atom stereocenters. The molecule has 2 rings (SSSR count). The molecule has 0 aliphatic rings. The Bertz CT molecular complexity index is 806. The van der Waals surface area contributed by atoms with E-state index in [2.05, 4.69) is 0 Å². The van der Waals surface area contributed by atoms with Crippen molar-refractivity contribution in [3.8, 4) is 0 Å². The second-order valence-electron chi connectivity index (χ2n) is 5.41. The van der Waals surface area contributed by atoms with Crippen LogP contribution in [0.1, 0.15) is 33.0 Å². The topological polar surface area (TPSA) is 17.1 Å². The lowest BCUT2D eigenvalue weighted by Gasteiger charge is -2.18. The van der Waals surface area contributed by atoms with E-state index < -0.39 is 12.1 Å². The molecule has 0 heterocycles. The zero-order valence-corrected chi connectivity index (χ0v) is 15.1. The molecular formula is C18H12Cl3F3O. The first-order valence-electron chi connectivity index (χ1n) is 7.08. The molecule has 25 heavy (non-hydrogen) atoms. The molecule has 0 fully saturated rings. The molecule has 0 radical (unpaired) electrons. The van der Waals surface area contributed by atoms with E-state index in [9.17, 15) is 18.0 Å². The van der Waals surface area contributed by atoms with E-state index in [0.717, 1.165) is 18.2 Å². The van der Waals surface area contributed by atoms with Gasteiger partial charge >= 0.3 is 6.18 Å². The minimum atomic E-state index is -4.53. The summed E-state index contributed by atoms with van der Waals surface area (Å²) in [7, 11) is 0. The van der Waals surface area contributed by atoms with Gasteiger partial charge in [-0.2, -0.15) is 13.2 Å². The molecule has 0 saturated heterocycles. The van der Waals surface area contributed by atoms with Crippen LogP contribution >= 0.6 is 34.8 Å². The molecule has 0 bridgehead atoms. The molecule has 0 N–H and O–H groups in total. The van der Waals surface area contributed by atoms with Gasteiger partial charge in [0.25, 0.3) is 0 Å². The van der Waals surface area contributed by atoms with Crippen LogP contribution in [0.15, 0.2) is 36.4 Å². The lowest BCUT2D eigenvalue weighted by Crippen LogP contribution is -2.19. The first-order valence-corrected chi connectivity index (χ1v) is 8.22. The Morgan fingerprint density at radius 1 is 1.04 bits per heavy atom. The van der Waals surface area contributed by atoms with Gasteiger partial charge in [-0.1, -0.05) is 65.2 Å². The monoisotopic (exact) mass is 406 g/mol. The van der Waals surface area contributed by atoms with E-state index in [1.165, 1.54) is 6.08 Å². The van der Waals surface area contributed by atoms with Gasteiger partial charge in [-0.25, -0.2) is 0 Å². The van der Waals surface area contributed by atoms with Gasteiger partial charge in [-0.15, -0.1) is 0 Å². The third kappa shape index (κ3) is 4.78. The Morgan fingerprint density at radius 2 is 1.64 bits per heavy atom. The van der Waals surface area contributed by atoms with Crippen molar-refractivity contribution in [2.45, 2.75) is 19.0 Å². The highest BCUT2D eigenvalue weighted by Gasteiger charge is 2.39. The highest BCUT2D eigenvalue weighted by atomic mass is 35.5. The van der Waals surface area contributed by atoms with Crippen LogP contribution in [0.4, 0.5) is 13.2 Å². The van der Waals surface area contributed by atoms with Gasteiger partial charge in [0.15, 0.2) is 0 Å². The second-order valence-corrected chi connectivity index (χ2v) is 6.60. The van der Waals surface area contributed by atoms with Gasteiger partial charge < -0.3 is 0 Å². The number of rotatable bonds is 4. The van der Waals surface area contributed by atoms with Crippen LogP contribution < -0.4 is 0 Å². The largest absolute Gasteiger partial charge is 0.399 e. The normalized spacial score (nSPS) is 13.2. The summed E-state index contributed by atoms with van der Waals surface area (Å²) in [5.41, 5.74) is 1.60. The maximum Gasteiger partial charge on any atom is 0.399 e. The summed E-state index contributed by atoms with van der Waals surface area (Å²) in [6.07, 6.45) is -1.48. The van der Waals surface area contributed by atoms with Crippen molar-refractivity contribution in [3.63, 3.8) is 0 Å². The first kappa shape index (κ1) is 19.8. The standard InChI is InChI=1S/C18H12Cl3F3O/c1-10-6-11(2-4-12(10)9-25)3-5-14(18(22,23)24)13-7-15(19)17(21)16(20)8-13/h2-9,14H,1H3/b5-3+. The zero-order chi connectivity index (χ0) is 18.8. The maximum absolute atomic E-state index is 13.5. The average molecular weight is 408 g/mol. The second kappa shape index (κ2) is 7.81. The molecule has 0 spiro atoms. The highest BCUT2D eigenvalue weighted by Crippen LogP contribution is 2.41. The number of halogens is 6. The van der Waals surface area contributed by atoms with Crippen LogP contribution in [0, 0.1) is 6.92 Å². The Hall–Kier alpha value is -1.49. The van der Waals surface area contributed by atoms with Crippen LogP contribution in [0.5, 0.6) is 0 Å². The van der Waals surface area contributed by atoms with Crippen molar-refractivity contribution in [1.82, 2.24) is 0 Å². The van der Waals surface area contributed by atoms with Crippen LogP contribution in [-0.2, 0) is 0 Å². The lowest BCUT2D eigenvalue weighted by molar-refractivity contribution is -0.139. The quantitative estimate of drug-likeness (QED) is 0.389. The van der Waals surface area contributed by atoms with Crippen molar-refractivity contribution < 1.29 is 18.0 Å². The Kier molecular flexibility index (Phi) is 6.20. The number of carbonyl (C=O) groups excluding carboxylic acids is 1. The van der Waals surface area contributed by atoms with E-state index in [4.69, 9.17) is 34.8 Å². The Balaban J connectivity index is 2.43. The molecule has 2 aromatic carbocycles. The number of hydrogen-bond acceptors (Lipinski definition) is 1. The summed E-state index contributed by atoms with van der Waals surface area (Å²) in [5.74, 6) is -1.90. The van der Waals surface area contributed by atoms with Gasteiger partial charge in [-0.3, -0.25) is 4.79 Å². The predicted molar refractivity (Wildman–Crippen MR) is 95.9 cm³/mol. The molecule has 0 saturated carbocycles. The molecule has 0 aliphatic heterocycles. The maximum atomic E-state index is 13.5. The van der Waals surface area contributed by atoms with Crippen LogP contribution in [-0.4, -0.2) is 12.5 Å². The van der Waals surface area contributed by atoms with E-state index >= 15 is 0 Å². The molecule has 7 heteroatoms. The summed E-state index contributed by atoms with van der Waals surface area (Å²) in [6.45, 7) is 1.71. The Morgan fingerprint density at radius 3 is 2.12 bits per heavy atom. The van der Waals surface area contributed by atoms with Crippen LogP contribution in [0.3, 0.4) is 0 Å². The van der Waals surface area contributed by atoms with Gasteiger partial charge in [0.1, 0.15) is 6.29 Å². The van der Waals surface area contributed by atoms with E-state index in [0.29, 0.717) is 23.0 Å². The lowest BCUT2D eigenvalue weighted by atomic mass is 9.96. The highest BCUT2D eigenvalue weighted by molar-refractivity contribution is 6.48. The Labute approximate surface area is 158 Å². The third-order valence-corrected chi connectivity index (χ3v) is 4.82. The fourth-order valence-electron chi connectivity index (χ4n) is 2.31. The third-order valence-electron chi connectivity index (χ3n) is 3.62. The van der Waals surface area contributed by atoms with Crippen LogP contribution in [0.2, 0.25) is 15.1 Å². The van der Waals surface area contributed by atoms with Crippen molar-refractivity contribution in [1.29, 1.82) is 0 Å². The first-order chi connectivity index (χ1) is 11.6. The summed E-state index contributed by atoms with van der Waals surface area (Å²) in [6, 6.07) is 7.07. The van der Waals surface area contributed by atoms with Crippen LogP contribution in [0.25, 0.3) is 6.08 Å². The number of benzene rings is 2. The van der Waals surface area contributed by atoms with Gasteiger partial charge in [0, 0.05) is 5.56 Å². The number of alkyl halides is 3. The molecule has 0 amide bonds. The summed E-state index contributed by atoms with van der Waals surface area (Å²) in [5, 5.41) is -0.0759. The summed E-state index contributed by atoms with van der Waals surface area (Å²) >= 11 is 17.5. The zero-order valence-electron chi connectivity index (χ0n) is 12.9. The molecule has 1 atom stereocenters. The molecule has 1 nitrogen and oxygen atoms in total. The number of allylic oxidation sites excluding steroid dienone is 1. The SMILES string of the molecule is Cc1cc(/C=C/C(c2cc(Cl)c(Cl)c(Cl)c2)C(F)(F)F)ccc1C=O. The van der Waals surface area contributed by atoms with E-state index in [1.807, 2.05) is 0 Å². The predicted octanol–water partition coefficient (Wildman–Crippen LogP) is 7.13. The average Bonchev–Trinajstić information content (AvgIpc) is 2.51. The molecule has 2 aromatic rings. The number of carbonyl (C=O) groups is 1. The van der Waals surface area contributed by atoms with Gasteiger partial charge in [0.05, 0.1) is 21.0 Å². The van der Waals surface area contributed by atoms with Crippen molar-refractivity contribution in [2.24, 2.45) is 0 Å². The fourth-order valence-corrected chi connectivity index (χ4v) is 2.92. The summed E-state index contributed by atoms with van der Waals surface area (Å²) < 4.78 is 40.4. The summed E-state index contributed by atoms with van der Waals surface area (Å²) in [4.78, 5) is 10.8. The van der Waals surface area contributed by atoms with Gasteiger partial charge in [-0.05, 0) is 35.7 Å². The fraction of sp³-hybridized carbons (Fsp3) is 0.167. The van der Waals surface area contributed by atoms with E-state index in [1.54, 1.807) is 25.1 Å². The molecule has 132 valence electrons. The van der Waals surface area contributed by atoms with Gasteiger partial charge in [0.2, 0.25) is 0 Å².